The fourth-order valence-electron chi connectivity index (χ4n) is 5.22. The second-order valence-corrected chi connectivity index (χ2v) is 12.3. The predicted molar refractivity (Wildman–Crippen MR) is 158 cm³/mol. The summed E-state index contributed by atoms with van der Waals surface area (Å²) in [6.45, 7) is 11.1. The molecule has 39 heavy (non-hydrogen) atoms. The minimum Gasteiger partial charge on any atom is -0.444 e. The summed E-state index contributed by atoms with van der Waals surface area (Å²) in [5.74, 6) is -0.0230. The lowest BCUT2D eigenvalue weighted by atomic mass is 10.1. The number of hydrogen-bond acceptors (Lipinski definition) is 7. The van der Waals surface area contributed by atoms with E-state index in [-0.39, 0.29) is 18.0 Å². The summed E-state index contributed by atoms with van der Waals surface area (Å²) in [6.07, 6.45) is -0.252. The maximum Gasteiger partial charge on any atom is 0.410 e. The molecule has 0 radical (unpaired) electrons. The summed E-state index contributed by atoms with van der Waals surface area (Å²) in [4.78, 5) is 35.0. The third-order valence-corrected chi connectivity index (χ3v) is 8.28. The lowest BCUT2D eigenvalue weighted by Gasteiger charge is -2.36. The number of carbonyl (C=O) groups is 2. The predicted octanol–water partition coefficient (Wildman–Crippen LogP) is 5.72. The highest BCUT2D eigenvalue weighted by molar-refractivity contribution is 7.21. The smallest absolute Gasteiger partial charge is 0.410 e. The summed E-state index contributed by atoms with van der Waals surface area (Å²) in [7, 11) is 0. The molecule has 2 N–H and O–H groups in total. The molecule has 0 unspecified atom stereocenters. The number of benzene rings is 2. The lowest BCUT2D eigenvalue weighted by molar-refractivity contribution is 0.0240. The van der Waals surface area contributed by atoms with E-state index in [1.165, 1.54) is 11.3 Å². The first-order chi connectivity index (χ1) is 18.7. The van der Waals surface area contributed by atoms with Gasteiger partial charge in [-0.25, -0.2) is 9.78 Å². The van der Waals surface area contributed by atoms with Crippen LogP contribution in [0.25, 0.3) is 32.2 Å². The molecule has 6 rings (SSSR count). The van der Waals surface area contributed by atoms with Crippen LogP contribution in [0.15, 0.2) is 48.5 Å². The van der Waals surface area contributed by atoms with Crippen molar-refractivity contribution in [3.63, 3.8) is 0 Å². The third-order valence-electron chi connectivity index (χ3n) is 7.13. The standard InChI is InChI=1S/C30H33N5O3S/c1-18-17-31-26-25-21-8-9-22(33-23(21)10-11-24(25)39-27(26)28(36)32-18)19-6-5-7-20(16-19)34-12-14-35(15-13-34)29(37)38-30(2,3)4/h5-11,16,18,31H,12-15,17H2,1-4H3,(H,32,36)/t18-/m1/s1. The molecule has 0 saturated carbocycles. The number of amides is 2. The van der Waals surface area contributed by atoms with Crippen molar-refractivity contribution in [3.8, 4) is 11.3 Å². The molecule has 2 aliphatic rings. The number of rotatable bonds is 2. The van der Waals surface area contributed by atoms with Crippen molar-refractivity contribution in [2.24, 2.45) is 0 Å². The van der Waals surface area contributed by atoms with Crippen LogP contribution in [0, 0.1) is 0 Å². The minimum atomic E-state index is -0.493. The first kappa shape index (κ1) is 25.4. The van der Waals surface area contributed by atoms with Crippen molar-refractivity contribution >= 4 is 55.7 Å². The van der Waals surface area contributed by atoms with E-state index < -0.39 is 5.60 Å². The van der Waals surface area contributed by atoms with Gasteiger partial charge in [-0.15, -0.1) is 11.3 Å². The number of nitrogens with one attached hydrogen (secondary N) is 2. The minimum absolute atomic E-state index is 0.0230. The molecule has 1 atom stereocenters. The highest BCUT2D eigenvalue weighted by Crippen LogP contribution is 2.41. The molecule has 1 fully saturated rings. The molecular weight excluding hydrogens is 510 g/mol. The lowest BCUT2D eigenvalue weighted by Crippen LogP contribution is -2.50. The van der Waals surface area contributed by atoms with Gasteiger partial charge in [0.1, 0.15) is 10.5 Å². The Morgan fingerprint density at radius 2 is 1.87 bits per heavy atom. The third kappa shape index (κ3) is 4.98. The molecule has 2 aromatic heterocycles. The fourth-order valence-corrected chi connectivity index (χ4v) is 6.32. The molecule has 4 heterocycles. The van der Waals surface area contributed by atoms with Crippen LogP contribution in [-0.4, -0.2) is 66.3 Å². The average Bonchev–Trinajstić information content (AvgIpc) is 3.23. The van der Waals surface area contributed by atoms with Crippen LogP contribution in [0.2, 0.25) is 0 Å². The quantitative estimate of drug-likeness (QED) is 0.336. The van der Waals surface area contributed by atoms with Gasteiger partial charge in [0, 0.05) is 65.5 Å². The number of thiophene rings is 1. The van der Waals surface area contributed by atoms with Crippen LogP contribution in [0.5, 0.6) is 0 Å². The molecule has 9 heteroatoms. The zero-order valence-electron chi connectivity index (χ0n) is 22.7. The van der Waals surface area contributed by atoms with Gasteiger partial charge in [-0.1, -0.05) is 12.1 Å². The summed E-state index contributed by atoms with van der Waals surface area (Å²) in [6, 6.07) is 16.8. The number of hydrogen-bond donors (Lipinski definition) is 2. The van der Waals surface area contributed by atoms with E-state index in [4.69, 9.17) is 9.72 Å². The van der Waals surface area contributed by atoms with E-state index in [1.807, 2.05) is 33.8 Å². The van der Waals surface area contributed by atoms with E-state index in [2.05, 4.69) is 58.0 Å². The number of pyridine rings is 1. The van der Waals surface area contributed by atoms with Crippen molar-refractivity contribution in [2.75, 3.05) is 42.9 Å². The number of anilines is 2. The Balaban J connectivity index is 1.26. The molecule has 8 nitrogen and oxygen atoms in total. The molecule has 202 valence electrons. The van der Waals surface area contributed by atoms with Gasteiger partial charge in [0.05, 0.1) is 16.9 Å². The van der Waals surface area contributed by atoms with Gasteiger partial charge in [-0.05, 0) is 64.1 Å². The van der Waals surface area contributed by atoms with Crippen LogP contribution >= 0.6 is 11.3 Å². The Kier molecular flexibility index (Phi) is 6.33. The van der Waals surface area contributed by atoms with E-state index in [0.717, 1.165) is 61.6 Å². The van der Waals surface area contributed by atoms with Gasteiger partial charge in [0.25, 0.3) is 5.91 Å². The van der Waals surface area contributed by atoms with Crippen LogP contribution in [0.4, 0.5) is 16.2 Å². The molecule has 0 bridgehead atoms. The first-order valence-electron chi connectivity index (χ1n) is 13.4. The van der Waals surface area contributed by atoms with E-state index >= 15 is 0 Å². The van der Waals surface area contributed by atoms with Crippen LogP contribution in [0.1, 0.15) is 37.4 Å². The van der Waals surface area contributed by atoms with Gasteiger partial charge < -0.3 is 25.2 Å². The molecule has 2 aliphatic heterocycles. The second-order valence-electron chi connectivity index (χ2n) is 11.3. The number of aromatic nitrogens is 1. The van der Waals surface area contributed by atoms with Crippen LogP contribution in [-0.2, 0) is 4.74 Å². The molecule has 1 saturated heterocycles. The number of fused-ring (bicyclic) bond motifs is 5. The van der Waals surface area contributed by atoms with Gasteiger partial charge >= 0.3 is 6.09 Å². The fraction of sp³-hybridized carbons (Fsp3) is 0.367. The molecule has 2 aromatic carbocycles. The van der Waals surface area contributed by atoms with Crippen molar-refractivity contribution in [1.29, 1.82) is 0 Å². The Hall–Kier alpha value is -3.85. The second kappa shape index (κ2) is 9.72. The Bertz CT molecular complexity index is 1580. The zero-order valence-corrected chi connectivity index (χ0v) is 23.5. The summed E-state index contributed by atoms with van der Waals surface area (Å²) < 4.78 is 6.61. The van der Waals surface area contributed by atoms with E-state index in [9.17, 15) is 9.59 Å². The number of carbonyl (C=O) groups excluding carboxylic acids is 2. The van der Waals surface area contributed by atoms with Crippen molar-refractivity contribution < 1.29 is 14.3 Å². The Morgan fingerprint density at radius 1 is 1.08 bits per heavy atom. The maximum atomic E-state index is 12.7. The molecule has 2 amide bonds. The monoisotopic (exact) mass is 543 g/mol. The number of nitrogens with zero attached hydrogens (tertiary/aromatic N) is 3. The average molecular weight is 544 g/mol. The van der Waals surface area contributed by atoms with Gasteiger partial charge in [-0.3, -0.25) is 4.79 Å². The SMILES string of the molecule is C[C@@H]1CNc2c(sc3ccc4nc(-c5cccc(N6CCN(C(=O)OC(C)(C)C)CC6)c5)ccc4c23)C(=O)N1. The van der Waals surface area contributed by atoms with Gasteiger partial charge in [0.2, 0.25) is 0 Å². The van der Waals surface area contributed by atoms with Gasteiger partial charge in [-0.2, -0.15) is 0 Å². The highest BCUT2D eigenvalue weighted by atomic mass is 32.1. The first-order valence-corrected chi connectivity index (χ1v) is 14.2. The maximum absolute atomic E-state index is 12.7. The largest absolute Gasteiger partial charge is 0.444 e. The topological polar surface area (TPSA) is 86.8 Å². The summed E-state index contributed by atoms with van der Waals surface area (Å²) >= 11 is 1.52. The number of piperazine rings is 1. The normalized spacial score (nSPS) is 17.9. The molecule has 4 aromatic rings. The van der Waals surface area contributed by atoms with Crippen LogP contribution < -0.4 is 15.5 Å². The van der Waals surface area contributed by atoms with E-state index in [0.29, 0.717) is 19.6 Å². The Labute approximate surface area is 232 Å². The van der Waals surface area contributed by atoms with Crippen molar-refractivity contribution in [1.82, 2.24) is 15.2 Å². The highest BCUT2D eigenvalue weighted by Gasteiger charge is 2.27. The number of ether oxygens (including phenoxy) is 1. The zero-order chi connectivity index (χ0) is 27.3. The molecular formula is C30H33N5O3S. The van der Waals surface area contributed by atoms with Gasteiger partial charge in [0.15, 0.2) is 0 Å². The van der Waals surface area contributed by atoms with Crippen molar-refractivity contribution in [2.45, 2.75) is 39.3 Å². The summed E-state index contributed by atoms with van der Waals surface area (Å²) in [5.41, 5.74) is 4.37. The molecule has 0 aliphatic carbocycles. The molecule has 0 spiro atoms. The Morgan fingerprint density at radius 3 is 2.64 bits per heavy atom. The van der Waals surface area contributed by atoms with E-state index in [1.54, 1.807) is 4.90 Å². The van der Waals surface area contributed by atoms with Crippen LogP contribution in [0.3, 0.4) is 0 Å². The van der Waals surface area contributed by atoms with Crippen molar-refractivity contribution in [3.05, 3.63) is 53.4 Å². The summed E-state index contributed by atoms with van der Waals surface area (Å²) in [5, 5.41) is 8.65.